The van der Waals surface area contributed by atoms with Crippen LogP contribution < -0.4 is 4.90 Å². The number of anilines is 1. The van der Waals surface area contributed by atoms with Crippen LogP contribution in [0, 0.1) is 0 Å². The molecule has 4 heteroatoms. The van der Waals surface area contributed by atoms with Crippen LogP contribution in [0.3, 0.4) is 0 Å². The molecule has 3 rings (SSSR count). The molecule has 1 heterocycles. The summed E-state index contributed by atoms with van der Waals surface area (Å²) in [5, 5.41) is 9.17. The minimum absolute atomic E-state index is 0.104. The number of carbonyl (C=O) groups excluding carboxylic acids is 1. The monoisotopic (exact) mass is 333 g/mol. The van der Waals surface area contributed by atoms with E-state index in [9.17, 15) is 4.79 Å². The lowest BCUT2D eigenvalue weighted by molar-refractivity contribution is -0.109. The molecule has 0 saturated heterocycles. The molecule has 2 aromatic carbocycles. The van der Waals surface area contributed by atoms with E-state index in [4.69, 9.17) is 0 Å². The summed E-state index contributed by atoms with van der Waals surface area (Å²) in [6, 6.07) is 15.7. The van der Waals surface area contributed by atoms with Gasteiger partial charge in [-0.15, -0.1) is 0 Å². The fourth-order valence-corrected chi connectivity index (χ4v) is 2.99. The largest absolute Gasteiger partial charge is 0.361 e. The Labute approximate surface area is 148 Å². The topological polar surface area (TPSA) is 46.1 Å². The summed E-state index contributed by atoms with van der Waals surface area (Å²) in [6.45, 7) is 6.57. The molecule has 1 unspecified atom stereocenters. The Morgan fingerprint density at radius 3 is 2.36 bits per heavy atom. The highest BCUT2D eigenvalue weighted by molar-refractivity contribution is 5.86. The zero-order valence-electron chi connectivity index (χ0n) is 15.1. The summed E-state index contributed by atoms with van der Waals surface area (Å²) >= 11 is 0. The molecule has 0 fully saturated rings. The van der Waals surface area contributed by atoms with Gasteiger partial charge in [-0.3, -0.25) is 0 Å². The predicted molar refractivity (Wildman–Crippen MR) is 102 cm³/mol. The van der Waals surface area contributed by atoms with E-state index in [2.05, 4.69) is 55.2 Å². The molecule has 1 aromatic heterocycles. The summed E-state index contributed by atoms with van der Waals surface area (Å²) in [5.74, 6) is 0. The van der Waals surface area contributed by atoms with Crippen LogP contribution in [0.25, 0.3) is 10.9 Å². The third-order valence-corrected chi connectivity index (χ3v) is 4.58. The van der Waals surface area contributed by atoms with E-state index in [1.54, 1.807) is 6.20 Å². The lowest BCUT2D eigenvalue weighted by Crippen LogP contribution is -2.26. The van der Waals surface area contributed by atoms with Gasteiger partial charge in [0.25, 0.3) is 0 Å². The van der Waals surface area contributed by atoms with E-state index in [-0.39, 0.29) is 5.41 Å². The molecular formula is C21H23N3O. The zero-order chi connectivity index (χ0) is 18.0. The van der Waals surface area contributed by atoms with Crippen LogP contribution in [0.2, 0.25) is 0 Å². The molecule has 25 heavy (non-hydrogen) atoms. The molecule has 0 aliphatic carbocycles. The number of rotatable bonds is 4. The molecule has 0 aliphatic rings. The second-order valence-corrected chi connectivity index (χ2v) is 7.31. The molecule has 0 radical (unpaired) electrons. The number of hydrogen-bond donors (Lipinski definition) is 0. The Kier molecular flexibility index (Phi) is 4.53. The smallest absolute Gasteiger partial charge is 0.147 e. The van der Waals surface area contributed by atoms with E-state index < -0.39 is 6.04 Å². The summed E-state index contributed by atoms with van der Waals surface area (Å²) in [4.78, 5) is 13.9. The van der Waals surface area contributed by atoms with E-state index in [0.717, 1.165) is 28.4 Å². The Hall–Kier alpha value is -2.75. The van der Waals surface area contributed by atoms with Crippen molar-refractivity contribution in [3.05, 3.63) is 65.9 Å². The summed E-state index contributed by atoms with van der Waals surface area (Å²) in [6.07, 6.45) is 2.64. The maximum atomic E-state index is 11.9. The summed E-state index contributed by atoms with van der Waals surface area (Å²) < 4.78 is 0. The van der Waals surface area contributed by atoms with E-state index in [0.29, 0.717) is 0 Å². The zero-order valence-corrected chi connectivity index (χ0v) is 15.1. The molecule has 0 saturated carbocycles. The van der Waals surface area contributed by atoms with E-state index in [1.807, 2.05) is 36.2 Å². The van der Waals surface area contributed by atoms with Crippen LogP contribution in [-0.4, -0.2) is 23.5 Å². The Morgan fingerprint density at radius 2 is 1.72 bits per heavy atom. The summed E-state index contributed by atoms with van der Waals surface area (Å²) in [5.41, 5.74) is 4.02. The van der Waals surface area contributed by atoms with Crippen molar-refractivity contribution in [3.63, 3.8) is 0 Å². The van der Waals surface area contributed by atoms with Crippen LogP contribution in [0.1, 0.15) is 37.9 Å². The van der Waals surface area contributed by atoms with Gasteiger partial charge in [-0.1, -0.05) is 51.1 Å². The van der Waals surface area contributed by atoms with Gasteiger partial charge in [0.05, 0.1) is 11.7 Å². The van der Waals surface area contributed by atoms with Gasteiger partial charge in [-0.2, -0.15) is 10.2 Å². The lowest BCUT2D eigenvalue weighted by Gasteiger charge is -2.28. The third kappa shape index (κ3) is 3.38. The van der Waals surface area contributed by atoms with Crippen LogP contribution in [0.15, 0.2) is 54.7 Å². The maximum absolute atomic E-state index is 11.9. The normalized spacial score (nSPS) is 12.8. The number of benzene rings is 2. The minimum Gasteiger partial charge on any atom is -0.361 e. The van der Waals surface area contributed by atoms with Crippen molar-refractivity contribution in [1.82, 2.24) is 10.2 Å². The number of fused-ring (bicyclic) bond motifs is 1. The first-order valence-electron chi connectivity index (χ1n) is 8.41. The van der Waals surface area contributed by atoms with Crippen molar-refractivity contribution in [1.29, 1.82) is 0 Å². The molecule has 1 atom stereocenters. The predicted octanol–water partition coefficient (Wildman–Crippen LogP) is 4.30. The fourth-order valence-electron chi connectivity index (χ4n) is 2.99. The van der Waals surface area contributed by atoms with Gasteiger partial charge >= 0.3 is 0 Å². The van der Waals surface area contributed by atoms with E-state index >= 15 is 0 Å². The molecular weight excluding hydrogens is 310 g/mol. The van der Waals surface area contributed by atoms with Crippen molar-refractivity contribution in [3.8, 4) is 0 Å². The second kappa shape index (κ2) is 6.63. The highest BCUT2D eigenvalue weighted by atomic mass is 16.1. The van der Waals surface area contributed by atoms with Crippen LogP contribution in [0.5, 0.6) is 0 Å². The SMILES string of the molecule is CN(c1ccc(C(C)(C)C)cc1)C(C=O)c1cnnc2ccccc12. The number of hydrogen-bond acceptors (Lipinski definition) is 4. The number of aldehydes is 1. The number of nitrogens with zero attached hydrogens (tertiary/aromatic N) is 3. The highest BCUT2D eigenvalue weighted by Crippen LogP contribution is 2.30. The molecule has 3 aromatic rings. The van der Waals surface area contributed by atoms with Gasteiger partial charge < -0.3 is 9.69 Å². The molecule has 0 aliphatic heterocycles. The van der Waals surface area contributed by atoms with Gasteiger partial charge in [0, 0.05) is 23.7 Å². The molecule has 128 valence electrons. The first-order valence-corrected chi connectivity index (χ1v) is 8.41. The molecule has 0 spiro atoms. The van der Waals surface area contributed by atoms with Crippen LogP contribution in [-0.2, 0) is 10.2 Å². The average molecular weight is 333 g/mol. The standard InChI is InChI=1S/C21H23N3O/c1-21(2,3)15-9-11-16(12-10-15)24(4)20(14-25)18-13-22-23-19-8-6-5-7-17(18)19/h5-14,20H,1-4H3. The Bertz CT molecular complexity index is 876. The Balaban J connectivity index is 1.99. The van der Waals surface area contributed by atoms with E-state index in [1.165, 1.54) is 5.56 Å². The minimum atomic E-state index is -0.416. The number of aromatic nitrogens is 2. The molecule has 0 bridgehead atoms. The van der Waals surface area contributed by atoms with Gasteiger partial charge in [0.2, 0.25) is 0 Å². The lowest BCUT2D eigenvalue weighted by atomic mass is 9.87. The van der Waals surface area contributed by atoms with Crippen LogP contribution in [0.4, 0.5) is 5.69 Å². The van der Waals surface area contributed by atoms with Crippen molar-refractivity contribution < 1.29 is 4.79 Å². The first-order chi connectivity index (χ1) is 11.9. The first kappa shape index (κ1) is 17.1. The van der Waals surface area contributed by atoms with Crippen molar-refractivity contribution in [2.24, 2.45) is 0 Å². The number of likely N-dealkylation sites (N-methyl/N-ethyl adjacent to an activating group) is 1. The Morgan fingerprint density at radius 1 is 1.04 bits per heavy atom. The van der Waals surface area contributed by atoms with Gasteiger partial charge in [-0.25, -0.2) is 0 Å². The average Bonchev–Trinajstić information content (AvgIpc) is 2.62. The van der Waals surface area contributed by atoms with Gasteiger partial charge in [0.15, 0.2) is 0 Å². The van der Waals surface area contributed by atoms with Crippen molar-refractivity contribution in [2.75, 3.05) is 11.9 Å². The second-order valence-electron chi connectivity index (χ2n) is 7.31. The quantitative estimate of drug-likeness (QED) is 0.668. The fraction of sp³-hybridized carbons (Fsp3) is 0.286. The molecule has 0 amide bonds. The van der Waals surface area contributed by atoms with Gasteiger partial charge in [-0.05, 0) is 29.2 Å². The summed E-state index contributed by atoms with van der Waals surface area (Å²) in [7, 11) is 1.93. The van der Waals surface area contributed by atoms with Crippen molar-refractivity contribution in [2.45, 2.75) is 32.2 Å². The molecule has 0 N–H and O–H groups in total. The van der Waals surface area contributed by atoms with Gasteiger partial charge in [0.1, 0.15) is 12.3 Å². The molecule has 4 nitrogen and oxygen atoms in total. The van der Waals surface area contributed by atoms with Crippen LogP contribution >= 0.6 is 0 Å². The third-order valence-electron chi connectivity index (χ3n) is 4.58. The number of carbonyl (C=O) groups is 1. The van der Waals surface area contributed by atoms with Crippen molar-refractivity contribution >= 4 is 22.9 Å². The highest BCUT2D eigenvalue weighted by Gasteiger charge is 2.21. The maximum Gasteiger partial charge on any atom is 0.147 e.